The Morgan fingerprint density at radius 2 is 1.49 bits per heavy atom. The lowest BCUT2D eigenvalue weighted by Gasteiger charge is -2.36. The van der Waals surface area contributed by atoms with Crippen molar-refractivity contribution in [1.29, 1.82) is 0 Å². The van der Waals surface area contributed by atoms with Gasteiger partial charge in [0.05, 0.1) is 26.1 Å². The molecule has 0 amide bonds. The normalized spacial score (nSPS) is 12.9. The van der Waals surface area contributed by atoms with Crippen molar-refractivity contribution in [3.05, 3.63) is 65.7 Å². The molecule has 0 bridgehead atoms. The highest BCUT2D eigenvalue weighted by atomic mass is 32.1. The Bertz CT molecular complexity index is 1480. The lowest BCUT2D eigenvalue weighted by molar-refractivity contribution is -0.368. The number of thiophene rings is 1. The summed E-state index contributed by atoms with van der Waals surface area (Å²) in [5.41, 5.74) is 3.22. The SMILES string of the molecule is C=C(C)C(=O)OCCC(F)(F)C(F)(F)C(F)(F)C(F)(F)CCOc1ccc2cc(-c3ccc(CCCCC)cc3CC)sc2c1. The zero-order chi connectivity index (χ0) is 33.6. The first-order valence-corrected chi connectivity index (χ1v) is 15.4. The third-order valence-corrected chi connectivity index (χ3v) is 8.50. The maximum Gasteiger partial charge on any atom is 0.378 e. The molecule has 3 nitrogen and oxygen atoms in total. The highest BCUT2D eigenvalue weighted by Gasteiger charge is 2.79. The number of esters is 1. The topological polar surface area (TPSA) is 35.5 Å². The molecular formula is C33H36F8O3S. The number of carbonyl (C=O) groups is 1. The van der Waals surface area contributed by atoms with E-state index in [0.29, 0.717) is 4.70 Å². The summed E-state index contributed by atoms with van der Waals surface area (Å²) in [4.78, 5) is 12.2. The van der Waals surface area contributed by atoms with Crippen LogP contribution in [0.4, 0.5) is 35.1 Å². The van der Waals surface area contributed by atoms with Crippen LogP contribution in [0.15, 0.2) is 54.6 Å². The second kappa shape index (κ2) is 14.5. The van der Waals surface area contributed by atoms with Crippen LogP contribution >= 0.6 is 11.3 Å². The number of ether oxygens (including phenoxy) is 2. The number of alkyl halides is 8. The largest absolute Gasteiger partial charge is 0.493 e. The van der Waals surface area contributed by atoms with Gasteiger partial charge in [-0.15, -0.1) is 11.3 Å². The van der Waals surface area contributed by atoms with E-state index < -0.39 is 55.7 Å². The summed E-state index contributed by atoms with van der Waals surface area (Å²) in [7, 11) is 0. The minimum Gasteiger partial charge on any atom is -0.493 e. The molecule has 0 atom stereocenters. The van der Waals surface area contributed by atoms with Crippen LogP contribution in [0.25, 0.3) is 20.5 Å². The second-order valence-corrected chi connectivity index (χ2v) is 12.0. The Kier molecular flexibility index (Phi) is 11.7. The molecule has 1 aromatic heterocycles. The third kappa shape index (κ3) is 8.17. The van der Waals surface area contributed by atoms with Gasteiger partial charge in [0, 0.05) is 15.2 Å². The summed E-state index contributed by atoms with van der Waals surface area (Å²) in [6, 6.07) is 12.9. The number of carbonyl (C=O) groups excluding carboxylic acids is 1. The maximum atomic E-state index is 14.4. The minimum atomic E-state index is -6.46. The van der Waals surface area contributed by atoms with Crippen molar-refractivity contribution in [2.24, 2.45) is 0 Å². The molecule has 3 aromatic rings. The molecule has 0 aliphatic heterocycles. The molecule has 2 aromatic carbocycles. The Morgan fingerprint density at radius 1 is 0.844 bits per heavy atom. The van der Waals surface area contributed by atoms with Crippen molar-refractivity contribution in [3.63, 3.8) is 0 Å². The average Bonchev–Trinajstić information content (AvgIpc) is 3.40. The summed E-state index contributed by atoms with van der Waals surface area (Å²) in [5, 5.41) is 0.823. The van der Waals surface area contributed by atoms with Crippen molar-refractivity contribution < 1.29 is 49.4 Å². The van der Waals surface area contributed by atoms with E-state index in [1.807, 2.05) is 6.07 Å². The third-order valence-electron chi connectivity index (χ3n) is 7.37. The van der Waals surface area contributed by atoms with Gasteiger partial charge < -0.3 is 9.47 Å². The van der Waals surface area contributed by atoms with Crippen molar-refractivity contribution in [2.45, 2.75) is 89.4 Å². The molecule has 0 fully saturated rings. The molecule has 0 spiro atoms. The van der Waals surface area contributed by atoms with E-state index in [0.717, 1.165) is 54.9 Å². The first-order chi connectivity index (χ1) is 21.0. The van der Waals surface area contributed by atoms with Gasteiger partial charge in [0.1, 0.15) is 5.75 Å². The second-order valence-electron chi connectivity index (χ2n) is 10.9. The molecule has 0 unspecified atom stereocenters. The lowest BCUT2D eigenvalue weighted by Crippen LogP contribution is -2.62. The van der Waals surface area contributed by atoms with E-state index in [-0.39, 0.29) is 11.3 Å². The molecule has 0 saturated carbocycles. The zero-order valence-electron chi connectivity index (χ0n) is 25.3. The van der Waals surface area contributed by atoms with E-state index in [1.54, 1.807) is 6.07 Å². The number of benzene rings is 2. The summed E-state index contributed by atoms with van der Waals surface area (Å²) in [5.74, 6) is -25.3. The molecule has 0 radical (unpaired) electrons. The van der Waals surface area contributed by atoms with Crippen LogP contribution < -0.4 is 4.74 Å². The first kappa shape index (κ1) is 36.3. The van der Waals surface area contributed by atoms with Gasteiger partial charge in [-0.05, 0) is 72.5 Å². The van der Waals surface area contributed by atoms with Gasteiger partial charge in [-0.25, -0.2) is 4.79 Å². The molecule has 1 heterocycles. The smallest absolute Gasteiger partial charge is 0.378 e. The highest BCUT2D eigenvalue weighted by Crippen LogP contribution is 2.54. The van der Waals surface area contributed by atoms with Crippen molar-refractivity contribution >= 4 is 27.4 Å². The van der Waals surface area contributed by atoms with E-state index >= 15 is 0 Å². The highest BCUT2D eigenvalue weighted by molar-refractivity contribution is 7.22. The fourth-order valence-corrected chi connectivity index (χ4v) is 5.77. The van der Waals surface area contributed by atoms with Crippen LogP contribution in [0.2, 0.25) is 0 Å². The fraction of sp³-hybridized carbons (Fsp3) is 0.485. The number of halogens is 8. The van der Waals surface area contributed by atoms with E-state index in [4.69, 9.17) is 4.74 Å². The Balaban J connectivity index is 1.68. The predicted molar refractivity (Wildman–Crippen MR) is 160 cm³/mol. The summed E-state index contributed by atoms with van der Waals surface area (Å²) < 4.78 is 124. The molecule has 12 heteroatoms. The fourth-order valence-electron chi connectivity index (χ4n) is 4.61. The van der Waals surface area contributed by atoms with Crippen LogP contribution in [0.3, 0.4) is 0 Å². The van der Waals surface area contributed by atoms with Gasteiger partial charge in [0.15, 0.2) is 0 Å². The van der Waals surface area contributed by atoms with Crippen LogP contribution in [-0.4, -0.2) is 42.9 Å². The monoisotopic (exact) mass is 664 g/mol. The summed E-state index contributed by atoms with van der Waals surface area (Å²) in [6.07, 6.45) is 1.13. The number of aryl methyl sites for hydroxylation is 2. The predicted octanol–water partition coefficient (Wildman–Crippen LogP) is 10.7. The molecule has 3 rings (SSSR count). The Hall–Kier alpha value is -3.15. The number of hydrogen-bond acceptors (Lipinski definition) is 4. The van der Waals surface area contributed by atoms with Crippen LogP contribution in [0.1, 0.15) is 64.0 Å². The Morgan fingerprint density at radius 3 is 2.09 bits per heavy atom. The zero-order valence-corrected chi connectivity index (χ0v) is 26.1. The summed E-state index contributed by atoms with van der Waals surface area (Å²) in [6.45, 7) is 5.94. The number of rotatable bonds is 17. The van der Waals surface area contributed by atoms with E-state index in [9.17, 15) is 39.9 Å². The van der Waals surface area contributed by atoms with Crippen LogP contribution in [-0.2, 0) is 22.4 Å². The van der Waals surface area contributed by atoms with Gasteiger partial charge in [0.2, 0.25) is 0 Å². The van der Waals surface area contributed by atoms with Crippen molar-refractivity contribution in [3.8, 4) is 16.2 Å². The van der Waals surface area contributed by atoms with Gasteiger partial charge in [-0.3, -0.25) is 0 Å². The average molecular weight is 665 g/mol. The molecule has 0 aliphatic carbocycles. The molecule has 248 valence electrons. The van der Waals surface area contributed by atoms with Gasteiger partial charge in [-0.1, -0.05) is 51.5 Å². The lowest BCUT2D eigenvalue weighted by atomic mass is 9.95. The molecular weight excluding hydrogens is 628 g/mol. The quantitative estimate of drug-likeness (QED) is 0.0624. The number of fused-ring (bicyclic) bond motifs is 1. The maximum absolute atomic E-state index is 14.4. The van der Waals surface area contributed by atoms with Crippen LogP contribution in [0.5, 0.6) is 5.75 Å². The molecule has 0 saturated heterocycles. The van der Waals surface area contributed by atoms with E-state index in [2.05, 4.69) is 43.4 Å². The summed E-state index contributed by atoms with van der Waals surface area (Å²) >= 11 is 1.41. The van der Waals surface area contributed by atoms with Gasteiger partial charge >= 0.3 is 29.7 Å². The Labute approximate surface area is 261 Å². The van der Waals surface area contributed by atoms with Crippen molar-refractivity contribution in [1.82, 2.24) is 0 Å². The number of hydrogen-bond donors (Lipinski definition) is 0. The van der Waals surface area contributed by atoms with E-state index in [1.165, 1.54) is 34.6 Å². The van der Waals surface area contributed by atoms with Gasteiger partial charge in [0.25, 0.3) is 0 Å². The first-order valence-electron chi connectivity index (χ1n) is 14.6. The molecule has 0 N–H and O–H groups in total. The standard InChI is InChI=1S/C33H36F8O3S/c1-5-7-8-9-22-10-13-26(23(6-2)18-22)28-19-24-11-12-25(20-27(24)45-28)43-16-14-30(34,35)32(38,39)33(40,41)31(36,37)15-17-44-29(42)21(3)4/h10-13,18-20H,3,5-9,14-17H2,1-2,4H3. The van der Waals surface area contributed by atoms with Gasteiger partial charge in [-0.2, -0.15) is 35.1 Å². The van der Waals surface area contributed by atoms with Crippen LogP contribution in [0, 0.1) is 0 Å². The van der Waals surface area contributed by atoms with Crippen molar-refractivity contribution in [2.75, 3.05) is 13.2 Å². The minimum absolute atomic E-state index is 0.0217. The molecule has 45 heavy (non-hydrogen) atoms. The molecule has 0 aliphatic rings. The number of unbranched alkanes of at least 4 members (excludes halogenated alkanes) is 2.